The lowest BCUT2D eigenvalue weighted by atomic mass is 9.97. The predicted molar refractivity (Wildman–Crippen MR) is 93.2 cm³/mol. The van der Waals surface area contributed by atoms with Crippen LogP contribution in [0.2, 0.25) is 0 Å². The van der Waals surface area contributed by atoms with Crippen LogP contribution in [-0.2, 0) is 9.59 Å². The van der Waals surface area contributed by atoms with Crippen molar-refractivity contribution in [3.8, 4) is 0 Å². The summed E-state index contributed by atoms with van der Waals surface area (Å²) in [6.45, 7) is 9.20. The molecule has 0 saturated carbocycles. The number of hydrogen-bond donors (Lipinski definition) is 1. The van der Waals surface area contributed by atoms with Gasteiger partial charge in [-0.1, -0.05) is 37.2 Å². The molecular weight excluding hydrogens is 306 g/mol. The molecule has 0 atom stereocenters. The third kappa shape index (κ3) is 4.01. The van der Waals surface area contributed by atoms with Gasteiger partial charge >= 0.3 is 0 Å². The van der Waals surface area contributed by atoms with E-state index in [1.54, 1.807) is 13.0 Å². The van der Waals surface area contributed by atoms with Gasteiger partial charge in [0.15, 0.2) is 5.82 Å². The first-order valence-corrected chi connectivity index (χ1v) is 7.90. The summed E-state index contributed by atoms with van der Waals surface area (Å²) in [5.41, 5.74) is 2.79. The van der Waals surface area contributed by atoms with Gasteiger partial charge in [0.25, 0.3) is 0 Å². The van der Waals surface area contributed by atoms with E-state index in [0.29, 0.717) is 11.6 Å². The fraction of sp³-hybridized carbons (Fsp3) is 0.389. The summed E-state index contributed by atoms with van der Waals surface area (Å²) in [6.07, 6.45) is 0. The van der Waals surface area contributed by atoms with Crippen LogP contribution in [0.1, 0.15) is 43.6 Å². The fourth-order valence-electron chi connectivity index (χ4n) is 2.62. The molecule has 24 heavy (non-hydrogen) atoms. The van der Waals surface area contributed by atoms with Gasteiger partial charge in [-0.05, 0) is 30.9 Å². The number of aryl methyl sites for hydroxylation is 2. The Kier molecular flexibility index (Phi) is 5.39. The van der Waals surface area contributed by atoms with Gasteiger partial charge in [-0.15, -0.1) is 0 Å². The van der Waals surface area contributed by atoms with Crippen LogP contribution < -0.4 is 10.2 Å². The Balaban J connectivity index is 2.27. The molecule has 1 N–H and O–H groups in total. The number of aromatic nitrogens is 1. The second-order valence-corrected chi connectivity index (χ2v) is 6.14. The van der Waals surface area contributed by atoms with Crippen LogP contribution in [0.4, 0.5) is 11.5 Å². The van der Waals surface area contributed by atoms with E-state index >= 15 is 0 Å². The standard InChI is InChI=1S/C18H23N3O3/c1-11(2)15-8-6-7-12(3)18(15)21(14(5)22)10-17(23)19-16-9-13(4)24-20-16/h6-9,11H,10H2,1-5H3,(H,19,20,23). The molecule has 1 aromatic heterocycles. The molecule has 0 spiro atoms. The average Bonchev–Trinajstić information content (AvgIpc) is 2.89. The molecule has 2 amide bonds. The molecular formula is C18H23N3O3. The first-order valence-electron chi connectivity index (χ1n) is 7.90. The predicted octanol–water partition coefficient (Wildman–Crippen LogP) is 3.41. The summed E-state index contributed by atoms with van der Waals surface area (Å²) >= 11 is 0. The zero-order valence-electron chi connectivity index (χ0n) is 14.7. The Hall–Kier alpha value is -2.63. The number of carbonyl (C=O) groups excluding carboxylic acids is 2. The highest BCUT2D eigenvalue weighted by Gasteiger charge is 2.22. The topological polar surface area (TPSA) is 75.4 Å². The van der Waals surface area contributed by atoms with Crippen LogP contribution in [0.3, 0.4) is 0 Å². The third-order valence-electron chi connectivity index (χ3n) is 3.74. The minimum atomic E-state index is -0.323. The first kappa shape index (κ1) is 17.7. The SMILES string of the molecule is CC(=O)N(CC(=O)Nc1cc(C)on1)c1c(C)cccc1C(C)C. The van der Waals surface area contributed by atoms with Crippen molar-refractivity contribution in [3.05, 3.63) is 41.2 Å². The summed E-state index contributed by atoms with van der Waals surface area (Å²) in [5.74, 6) is 0.682. The van der Waals surface area contributed by atoms with Crippen LogP contribution in [-0.4, -0.2) is 23.5 Å². The summed E-state index contributed by atoms with van der Waals surface area (Å²) in [7, 11) is 0. The normalized spacial score (nSPS) is 10.8. The second-order valence-electron chi connectivity index (χ2n) is 6.14. The lowest BCUT2D eigenvalue weighted by Gasteiger charge is -2.26. The van der Waals surface area contributed by atoms with E-state index in [-0.39, 0.29) is 24.3 Å². The van der Waals surface area contributed by atoms with Crippen LogP contribution >= 0.6 is 0 Å². The maximum absolute atomic E-state index is 12.3. The minimum Gasteiger partial charge on any atom is -0.360 e. The molecule has 1 aromatic carbocycles. The first-order chi connectivity index (χ1) is 11.3. The van der Waals surface area contributed by atoms with Gasteiger partial charge in [-0.2, -0.15) is 0 Å². The van der Waals surface area contributed by atoms with E-state index < -0.39 is 0 Å². The number of carbonyl (C=O) groups is 2. The smallest absolute Gasteiger partial charge is 0.245 e. The third-order valence-corrected chi connectivity index (χ3v) is 3.74. The Morgan fingerprint density at radius 3 is 2.54 bits per heavy atom. The minimum absolute atomic E-state index is 0.0776. The molecule has 2 rings (SSSR count). The molecule has 0 radical (unpaired) electrons. The Bertz CT molecular complexity index is 750. The second kappa shape index (κ2) is 7.29. The van der Waals surface area contributed by atoms with Gasteiger partial charge < -0.3 is 14.7 Å². The number of hydrogen-bond acceptors (Lipinski definition) is 4. The lowest BCUT2D eigenvalue weighted by molar-refractivity contribution is -0.120. The Morgan fingerprint density at radius 2 is 2.00 bits per heavy atom. The lowest BCUT2D eigenvalue weighted by Crippen LogP contribution is -2.37. The molecule has 0 aliphatic rings. The van der Waals surface area contributed by atoms with Gasteiger partial charge in [-0.25, -0.2) is 0 Å². The molecule has 1 heterocycles. The van der Waals surface area contributed by atoms with Crippen molar-refractivity contribution in [2.24, 2.45) is 0 Å². The van der Waals surface area contributed by atoms with Gasteiger partial charge in [0.05, 0.1) is 5.69 Å². The number of benzene rings is 1. The Morgan fingerprint density at radius 1 is 1.29 bits per heavy atom. The molecule has 0 fully saturated rings. The van der Waals surface area contributed by atoms with Crippen LogP contribution in [0.25, 0.3) is 0 Å². The molecule has 6 nitrogen and oxygen atoms in total. The maximum atomic E-state index is 12.3. The van der Waals surface area contributed by atoms with Crippen molar-refractivity contribution in [1.82, 2.24) is 5.16 Å². The molecule has 6 heteroatoms. The number of nitrogens with one attached hydrogen (secondary N) is 1. The van der Waals surface area contributed by atoms with Crippen molar-refractivity contribution in [1.29, 1.82) is 0 Å². The molecule has 0 aliphatic heterocycles. The van der Waals surface area contributed by atoms with Crippen molar-refractivity contribution < 1.29 is 14.1 Å². The van der Waals surface area contributed by atoms with E-state index in [1.807, 2.05) is 25.1 Å². The Labute approximate surface area is 141 Å². The highest BCUT2D eigenvalue weighted by molar-refractivity contribution is 6.02. The van der Waals surface area contributed by atoms with E-state index in [4.69, 9.17) is 4.52 Å². The highest BCUT2D eigenvalue weighted by atomic mass is 16.5. The van der Waals surface area contributed by atoms with Gasteiger partial charge in [-0.3, -0.25) is 9.59 Å². The van der Waals surface area contributed by atoms with E-state index in [0.717, 1.165) is 16.8 Å². The van der Waals surface area contributed by atoms with E-state index in [1.165, 1.54) is 11.8 Å². The quantitative estimate of drug-likeness (QED) is 0.912. The largest absolute Gasteiger partial charge is 0.360 e. The number of amides is 2. The molecule has 128 valence electrons. The fourth-order valence-corrected chi connectivity index (χ4v) is 2.62. The van der Waals surface area contributed by atoms with Gasteiger partial charge in [0.1, 0.15) is 12.3 Å². The van der Waals surface area contributed by atoms with Crippen LogP contribution in [0.15, 0.2) is 28.8 Å². The maximum Gasteiger partial charge on any atom is 0.245 e. The van der Waals surface area contributed by atoms with Crippen LogP contribution in [0.5, 0.6) is 0 Å². The molecule has 2 aromatic rings. The summed E-state index contributed by atoms with van der Waals surface area (Å²) in [6, 6.07) is 7.52. The molecule has 0 aliphatic carbocycles. The van der Waals surface area contributed by atoms with E-state index in [2.05, 4.69) is 24.3 Å². The molecule has 0 bridgehead atoms. The van der Waals surface area contributed by atoms with Crippen molar-refractivity contribution in [2.45, 2.75) is 40.5 Å². The summed E-state index contributed by atoms with van der Waals surface area (Å²) in [5, 5.41) is 6.38. The zero-order chi connectivity index (χ0) is 17.9. The van der Waals surface area contributed by atoms with Gasteiger partial charge in [0, 0.05) is 13.0 Å². The number of rotatable bonds is 5. The monoisotopic (exact) mass is 329 g/mol. The number of nitrogens with zero attached hydrogens (tertiary/aromatic N) is 2. The van der Waals surface area contributed by atoms with E-state index in [9.17, 15) is 9.59 Å². The van der Waals surface area contributed by atoms with Gasteiger partial charge in [0.2, 0.25) is 11.8 Å². The van der Waals surface area contributed by atoms with Crippen molar-refractivity contribution in [3.63, 3.8) is 0 Å². The van der Waals surface area contributed by atoms with Crippen LogP contribution in [0, 0.1) is 13.8 Å². The van der Waals surface area contributed by atoms with Crippen molar-refractivity contribution in [2.75, 3.05) is 16.8 Å². The summed E-state index contributed by atoms with van der Waals surface area (Å²) < 4.78 is 4.93. The summed E-state index contributed by atoms with van der Waals surface area (Å²) in [4.78, 5) is 26.0. The number of para-hydroxylation sites is 1. The number of anilines is 2. The van der Waals surface area contributed by atoms with Crippen molar-refractivity contribution >= 4 is 23.3 Å². The average molecular weight is 329 g/mol. The highest BCUT2D eigenvalue weighted by Crippen LogP contribution is 2.31. The molecule has 0 saturated heterocycles. The molecule has 0 unspecified atom stereocenters. The zero-order valence-corrected chi connectivity index (χ0v) is 14.7.